The van der Waals surface area contributed by atoms with Crippen molar-refractivity contribution in [3.8, 4) is 0 Å². The quantitative estimate of drug-likeness (QED) is 0.460. The Morgan fingerprint density at radius 3 is 2.71 bits per heavy atom. The van der Waals surface area contributed by atoms with Gasteiger partial charge in [-0.1, -0.05) is 23.7 Å². The molecule has 0 aliphatic rings. The number of amides is 1. The molecule has 0 aliphatic heterocycles. The maximum Gasteiger partial charge on any atom is 0.328 e. The van der Waals surface area contributed by atoms with Crippen LogP contribution < -0.4 is 11.4 Å². The number of anilines is 1. The molecule has 0 fully saturated rings. The summed E-state index contributed by atoms with van der Waals surface area (Å²) in [7, 11) is -1.04. The molecule has 2 aromatic heterocycles. The molecule has 146 valence electrons. The SMILES string of the molecule is CC(=O)N=S(CCC=O)c1nc(N)c2[nH]c(=O)n(Cc3ccc(Cl)cc3)c2n1. The average Bonchev–Trinajstić information content (AvgIpc) is 2.96. The Morgan fingerprint density at radius 2 is 2.07 bits per heavy atom. The van der Waals surface area contributed by atoms with Crippen LogP contribution in [-0.4, -0.2) is 37.5 Å². The first kappa shape index (κ1) is 19.9. The van der Waals surface area contributed by atoms with Crippen molar-refractivity contribution in [3.05, 3.63) is 45.3 Å². The number of H-pyrrole nitrogens is 1. The number of rotatable bonds is 6. The molecular weight excluding hydrogens is 404 g/mol. The van der Waals surface area contributed by atoms with Crippen LogP contribution in [-0.2, 0) is 26.8 Å². The number of aromatic amines is 1. The molecule has 2 heterocycles. The van der Waals surface area contributed by atoms with Gasteiger partial charge in [-0.05, 0) is 28.4 Å². The van der Waals surface area contributed by atoms with Gasteiger partial charge in [-0.25, -0.2) is 14.8 Å². The molecule has 3 N–H and O–H groups in total. The molecule has 0 spiro atoms. The molecule has 1 aromatic carbocycles. The summed E-state index contributed by atoms with van der Waals surface area (Å²) in [5, 5.41) is 0.805. The van der Waals surface area contributed by atoms with Crippen molar-refractivity contribution < 1.29 is 9.59 Å². The van der Waals surface area contributed by atoms with E-state index in [2.05, 4.69) is 19.3 Å². The molecule has 0 saturated heterocycles. The molecule has 0 bridgehead atoms. The summed E-state index contributed by atoms with van der Waals surface area (Å²) in [6.45, 7) is 1.56. The predicted octanol–water partition coefficient (Wildman–Crippen LogP) is 1.70. The van der Waals surface area contributed by atoms with Crippen LogP contribution in [0, 0.1) is 0 Å². The Balaban J connectivity index is 2.12. The highest BCUT2D eigenvalue weighted by Gasteiger charge is 2.17. The Hall–Kier alpha value is -2.85. The predicted molar refractivity (Wildman–Crippen MR) is 107 cm³/mol. The summed E-state index contributed by atoms with van der Waals surface area (Å²) < 4.78 is 5.43. The third-order valence-corrected chi connectivity index (χ3v) is 5.72. The number of nitrogens with one attached hydrogen (secondary N) is 1. The summed E-state index contributed by atoms with van der Waals surface area (Å²) in [6.07, 6.45) is 0.941. The molecular formula is C17H17ClN6O3S. The van der Waals surface area contributed by atoms with E-state index in [0.29, 0.717) is 21.9 Å². The van der Waals surface area contributed by atoms with E-state index in [0.717, 1.165) is 11.8 Å². The van der Waals surface area contributed by atoms with Gasteiger partial charge in [0.25, 0.3) is 0 Å². The molecule has 1 amide bonds. The van der Waals surface area contributed by atoms with Gasteiger partial charge in [-0.3, -0.25) is 9.36 Å². The number of carbonyl (C=O) groups excluding carboxylic acids is 2. The molecule has 1 unspecified atom stereocenters. The number of nitrogen functional groups attached to an aromatic ring is 1. The maximum absolute atomic E-state index is 12.4. The van der Waals surface area contributed by atoms with Crippen molar-refractivity contribution in [2.45, 2.75) is 25.0 Å². The molecule has 0 aliphatic carbocycles. The van der Waals surface area contributed by atoms with Crippen molar-refractivity contribution in [3.63, 3.8) is 0 Å². The lowest BCUT2D eigenvalue weighted by Crippen LogP contribution is -2.18. The number of hydrogen-bond donors (Lipinski definition) is 2. The van der Waals surface area contributed by atoms with Gasteiger partial charge in [0.15, 0.2) is 11.5 Å². The van der Waals surface area contributed by atoms with Crippen LogP contribution in [0.5, 0.6) is 0 Å². The highest BCUT2D eigenvalue weighted by molar-refractivity contribution is 7.87. The molecule has 3 rings (SSSR count). The van der Waals surface area contributed by atoms with E-state index in [-0.39, 0.29) is 29.6 Å². The van der Waals surface area contributed by atoms with Crippen LogP contribution >= 0.6 is 11.6 Å². The minimum absolute atomic E-state index is 0.0781. The largest absolute Gasteiger partial charge is 0.382 e. The van der Waals surface area contributed by atoms with Crippen LogP contribution in [0.3, 0.4) is 0 Å². The smallest absolute Gasteiger partial charge is 0.328 e. The summed E-state index contributed by atoms with van der Waals surface area (Å²) >= 11 is 5.91. The van der Waals surface area contributed by atoms with Crippen LogP contribution in [0.2, 0.25) is 5.02 Å². The zero-order valence-corrected chi connectivity index (χ0v) is 16.5. The second-order valence-corrected chi connectivity index (χ2v) is 7.99. The summed E-state index contributed by atoms with van der Waals surface area (Å²) in [6, 6.07) is 7.07. The number of fused-ring (bicyclic) bond motifs is 1. The van der Waals surface area contributed by atoms with Gasteiger partial charge in [0.1, 0.15) is 11.8 Å². The third-order valence-electron chi connectivity index (χ3n) is 3.76. The van der Waals surface area contributed by atoms with Gasteiger partial charge in [0.05, 0.1) is 6.54 Å². The Labute approximate surface area is 167 Å². The first-order valence-electron chi connectivity index (χ1n) is 8.26. The number of imidazole rings is 1. The number of aromatic nitrogens is 4. The minimum atomic E-state index is -1.04. The Morgan fingerprint density at radius 1 is 1.36 bits per heavy atom. The van der Waals surface area contributed by atoms with Crippen LogP contribution in [0.25, 0.3) is 11.2 Å². The van der Waals surface area contributed by atoms with Crippen LogP contribution in [0.15, 0.2) is 38.6 Å². The van der Waals surface area contributed by atoms with Crippen molar-refractivity contribution in [2.24, 2.45) is 4.36 Å². The van der Waals surface area contributed by atoms with Gasteiger partial charge in [0.2, 0.25) is 11.1 Å². The fourth-order valence-electron chi connectivity index (χ4n) is 2.55. The summed E-state index contributed by atoms with van der Waals surface area (Å²) in [4.78, 5) is 45.9. The number of aldehydes is 1. The van der Waals surface area contributed by atoms with E-state index in [1.54, 1.807) is 24.3 Å². The number of halogens is 1. The van der Waals surface area contributed by atoms with Crippen LogP contribution in [0.1, 0.15) is 18.9 Å². The summed E-state index contributed by atoms with van der Waals surface area (Å²) in [5.74, 6) is -0.0294. The summed E-state index contributed by atoms with van der Waals surface area (Å²) in [5.41, 5.74) is 7.08. The van der Waals surface area contributed by atoms with E-state index < -0.39 is 16.6 Å². The molecule has 0 radical (unpaired) electrons. The molecule has 11 heteroatoms. The van der Waals surface area contributed by atoms with E-state index in [1.165, 1.54) is 11.5 Å². The maximum atomic E-state index is 12.4. The van der Waals surface area contributed by atoms with Crippen molar-refractivity contribution in [1.82, 2.24) is 19.5 Å². The van der Waals surface area contributed by atoms with E-state index in [1.807, 2.05) is 0 Å². The molecule has 28 heavy (non-hydrogen) atoms. The molecule has 9 nitrogen and oxygen atoms in total. The lowest BCUT2D eigenvalue weighted by atomic mass is 10.2. The van der Waals surface area contributed by atoms with Gasteiger partial charge in [-0.15, -0.1) is 0 Å². The van der Waals surface area contributed by atoms with Crippen LogP contribution in [0.4, 0.5) is 5.82 Å². The average molecular weight is 421 g/mol. The van der Waals surface area contributed by atoms with Gasteiger partial charge in [-0.2, -0.15) is 4.36 Å². The van der Waals surface area contributed by atoms with Gasteiger partial charge >= 0.3 is 5.69 Å². The highest BCUT2D eigenvalue weighted by Crippen LogP contribution is 2.18. The standard InChI is InChI=1S/C17H17ClN6O3S/c1-10(26)23-28(8-2-7-25)16-21-14(19)13-15(22-16)24(17(27)20-13)9-11-3-5-12(18)6-4-11/h3-7H,2,8-9H2,1H3,(H,20,27)(H2,19,21,22). The first-order valence-corrected chi connectivity index (χ1v) is 9.99. The van der Waals surface area contributed by atoms with Crippen molar-refractivity contribution in [2.75, 3.05) is 11.5 Å². The highest BCUT2D eigenvalue weighted by atomic mass is 35.5. The second-order valence-electron chi connectivity index (χ2n) is 5.87. The third kappa shape index (κ3) is 4.34. The van der Waals surface area contributed by atoms with E-state index in [9.17, 15) is 14.4 Å². The number of carbonyl (C=O) groups is 2. The number of benzene rings is 1. The normalized spacial score (nSPS) is 12.4. The molecule has 0 saturated carbocycles. The molecule has 3 aromatic rings. The molecule has 1 atom stereocenters. The number of nitrogens with two attached hydrogens (primary N) is 1. The number of nitrogens with zero attached hydrogens (tertiary/aromatic N) is 4. The van der Waals surface area contributed by atoms with E-state index in [4.69, 9.17) is 17.3 Å². The Bertz CT molecular complexity index is 1140. The fraction of sp³-hybridized carbons (Fsp3) is 0.235. The second kappa shape index (κ2) is 8.44. The first-order chi connectivity index (χ1) is 13.4. The monoisotopic (exact) mass is 420 g/mol. The topological polar surface area (TPSA) is 136 Å². The lowest BCUT2D eigenvalue weighted by Gasteiger charge is -2.08. The van der Waals surface area contributed by atoms with Crippen molar-refractivity contribution in [1.29, 1.82) is 0 Å². The Kier molecular flexibility index (Phi) is 6.00. The number of hydrogen-bond acceptors (Lipinski definition) is 6. The van der Waals surface area contributed by atoms with E-state index >= 15 is 0 Å². The van der Waals surface area contributed by atoms with Gasteiger partial charge in [0, 0.05) is 24.1 Å². The van der Waals surface area contributed by atoms with Gasteiger partial charge < -0.3 is 15.5 Å². The zero-order valence-electron chi connectivity index (χ0n) is 14.9. The fourth-order valence-corrected chi connectivity index (χ4v) is 4.05. The lowest BCUT2D eigenvalue weighted by molar-refractivity contribution is -0.115. The zero-order chi connectivity index (χ0) is 20.3. The minimum Gasteiger partial charge on any atom is -0.382 e. The van der Waals surface area contributed by atoms with Crippen molar-refractivity contribution >= 4 is 51.5 Å².